The zero-order valence-electron chi connectivity index (χ0n) is 15.9. The minimum atomic E-state index is -0.0356. The summed E-state index contributed by atoms with van der Waals surface area (Å²) in [7, 11) is 1.86. The molecule has 6 heteroatoms. The Bertz CT molecular complexity index is 644. The van der Waals surface area contributed by atoms with Crippen molar-refractivity contribution in [3.8, 4) is 11.5 Å². The number of nitrogens with one attached hydrogen (secondary N) is 1. The molecule has 0 bridgehead atoms. The fourth-order valence-electron chi connectivity index (χ4n) is 3.35. The molecular formula is C19H30IN3O2. The molecule has 3 rings (SSSR count). The number of guanidine groups is 1. The average Bonchev–Trinajstić information content (AvgIpc) is 3.13. The topological polar surface area (TPSA) is 46.1 Å². The van der Waals surface area contributed by atoms with Crippen molar-refractivity contribution in [1.82, 2.24) is 10.2 Å². The standard InChI is InChI=1S/C19H29N3O2.HI/c1-18(2)8-9-22(12-18)17(20-5)21-11-19(3,4)14-6-7-15-16(10-14)24-13-23-15;/h6-7,10H,8-9,11-13H2,1-5H3,(H,20,21);1H. The van der Waals surface area contributed by atoms with Crippen LogP contribution in [0.1, 0.15) is 39.7 Å². The van der Waals surface area contributed by atoms with Gasteiger partial charge in [-0.2, -0.15) is 0 Å². The second-order valence-electron chi connectivity index (χ2n) is 8.19. The first kappa shape index (κ1) is 20.1. The predicted octanol–water partition coefficient (Wildman–Crippen LogP) is 3.62. The van der Waals surface area contributed by atoms with E-state index in [0.717, 1.165) is 37.1 Å². The van der Waals surface area contributed by atoms with E-state index in [-0.39, 0.29) is 29.4 Å². The number of hydrogen-bond acceptors (Lipinski definition) is 3. The van der Waals surface area contributed by atoms with Gasteiger partial charge in [-0.1, -0.05) is 33.8 Å². The van der Waals surface area contributed by atoms with Crippen LogP contribution < -0.4 is 14.8 Å². The maximum atomic E-state index is 5.51. The van der Waals surface area contributed by atoms with E-state index >= 15 is 0 Å². The Morgan fingerprint density at radius 3 is 2.64 bits per heavy atom. The van der Waals surface area contributed by atoms with Crippen molar-refractivity contribution in [3.63, 3.8) is 0 Å². The molecule has 5 nitrogen and oxygen atoms in total. The number of aliphatic imine (C=N–C) groups is 1. The van der Waals surface area contributed by atoms with Crippen LogP contribution >= 0.6 is 24.0 Å². The number of ether oxygens (including phenoxy) is 2. The SMILES string of the molecule is CN=C(NCC(C)(C)c1ccc2c(c1)OCO2)N1CCC(C)(C)C1.I. The summed E-state index contributed by atoms with van der Waals surface area (Å²) < 4.78 is 10.9. The minimum Gasteiger partial charge on any atom is -0.454 e. The first-order chi connectivity index (χ1) is 11.3. The normalized spacial score (nSPS) is 18.9. The lowest BCUT2D eigenvalue weighted by Crippen LogP contribution is -2.45. The van der Waals surface area contributed by atoms with Crippen LogP contribution in [0.4, 0.5) is 0 Å². The van der Waals surface area contributed by atoms with Crippen molar-refractivity contribution in [2.24, 2.45) is 10.4 Å². The van der Waals surface area contributed by atoms with E-state index in [1.165, 1.54) is 12.0 Å². The molecule has 1 fully saturated rings. The average molecular weight is 459 g/mol. The van der Waals surface area contributed by atoms with E-state index < -0.39 is 0 Å². The highest BCUT2D eigenvalue weighted by Crippen LogP contribution is 2.36. The maximum Gasteiger partial charge on any atom is 0.231 e. The summed E-state index contributed by atoms with van der Waals surface area (Å²) in [5.41, 5.74) is 1.56. The molecule has 0 unspecified atom stereocenters. The third kappa shape index (κ3) is 4.51. The van der Waals surface area contributed by atoms with Crippen LogP contribution in [0.2, 0.25) is 0 Å². The molecule has 140 valence electrons. The van der Waals surface area contributed by atoms with Gasteiger partial charge in [-0.15, -0.1) is 24.0 Å². The Morgan fingerprint density at radius 2 is 2.00 bits per heavy atom. The monoisotopic (exact) mass is 459 g/mol. The van der Waals surface area contributed by atoms with E-state index in [9.17, 15) is 0 Å². The van der Waals surface area contributed by atoms with Gasteiger partial charge in [-0.3, -0.25) is 4.99 Å². The molecule has 0 aromatic heterocycles. The highest BCUT2D eigenvalue weighted by Gasteiger charge is 2.32. The summed E-state index contributed by atoms with van der Waals surface area (Å²) in [6, 6.07) is 6.21. The van der Waals surface area contributed by atoms with E-state index in [4.69, 9.17) is 9.47 Å². The molecule has 0 saturated carbocycles. The van der Waals surface area contributed by atoms with Crippen LogP contribution in [-0.2, 0) is 5.41 Å². The molecule has 0 atom stereocenters. The molecule has 1 aromatic carbocycles. The van der Waals surface area contributed by atoms with E-state index in [1.807, 2.05) is 13.1 Å². The van der Waals surface area contributed by atoms with Gasteiger partial charge in [-0.05, 0) is 29.5 Å². The third-order valence-corrected chi connectivity index (χ3v) is 5.03. The summed E-state index contributed by atoms with van der Waals surface area (Å²) >= 11 is 0. The van der Waals surface area contributed by atoms with Crippen molar-refractivity contribution in [2.75, 3.05) is 33.5 Å². The van der Waals surface area contributed by atoms with Crippen molar-refractivity contribution < 1.29 is 9.47 Å². The molecule has 2 aliphatic rings. The van der Waals surface area contributed by atoms with Crippen molar-refractivity contribution >= 4 is 29.9 Å². The van der Waals surface area contributed by atoms with Crippen molar-refractivity contribution in [3.05, 3.63) is 23.8 Å². The van der Waals surface area contributed by atoms with E-state index in [2.05, 4.69) is 55.0 Å². The quantitative estimate of drug-likeness (QED) is 0.426. The molecule has 0 radical (unpaired) electrons. The van der Waals surface area contributed by atoms with Crippen LogP contribution in [0.25, 0.3) is 0 Å². The van der Waals surface area contributed by atoms with Gasteiger partial charge in [0.25, 0.3) is 0 Å². The van der Waals surface area contributed by atoms with Crippen LogP contribution in [0, 0.1) is 5.41 Å². The van der Waals surface area contributed by atoms with Crippen LogP contribution in [0.3, 0.4) is 0 Å². The second kappa shape index (κ2) is 7.60. The van der Waals surface area contributed by atoms with Crippen LogP contribution in [-0.4, -0.2) is 44.3 Å². The first-order valence-electron chi connectivity index (χ1n) is 8.66. The number of likely N-dealkylation sites (tertiary alicyclic amines) is 1. The summed E-state index contributed by atoms with van der Waals surface area (Å²) in [5.74, 6) is 2.67. The van der Waals surface area contributed by atoms with Gasteiger partial charge in [0, 0.05) is 32.1 Å². The molecular weight excluding hydrogens is 429 g/mol. The third-order valence-electron chi connectivity index (χ3n) is 5.03. The van der Waals surface area contributed by atoms with Gasteiger partial charge in [0.05, 0.1) is 0 Å². The molecule has 0 amide bonds. The van der Waals surface area contributed by atoms with Gasteiger partial charge in [-0.25, -0.2) is 0 Å². The number of nitrogens with zero attached hydrogens (tertiary/aromatic N) is 2. The Hall–Kier alpha value is -1.18. The van der Waals surface area contributed by atoms with E-state index in [0.29, 0.717) is 12.2 Å². The Morgan fingerprint density at radius 1 is 1.28 bits per heavy atom. The smallest absolute Gasteiger partial charge is 0.231 e. The zero-order valence-corrected chi connectivity index (χ0v) is 18.2. The van der Waals surface area contributed by atoms with Crippen molar-refractivity contribution in [1.29, 1.82) is 0 Å². The zero-order chi connectivity index (χ0) is 17.4. The molecule has 1 N–H and O–H groups in total. The maximum absolute atomic E-state index is 5.51. The minimum absolute atomic E-state index is 0. The van der Waals surface area contributed by atoms with E-state index in [1.54, 1.807) is 0 Å². The second-order valence-corrected chi connectivity index (χ2v) is 8.19. The van der Waals surface area contributed by atoms with Gasteiger partial charge < -0.3 is 19.7 Å². The Labute approximate surface area is 168 Å². The number of fused-ring (bicyclic) bond motifs is 1. The first-order valence-corrected chi connectivity index (χ1v) is 8.66. The summed E-state index contributed by atoms with van der Waals surface area (Å²) in [6.45, 7) is 12.4. The van der Waals surface area contributed by atoms with Gasteiger partial charge >= 0.3 is 0 Å². The molecule has 1 aromatic rings. The van der Waals surface area contributed by atoms with Gasteiger partial charge in [0.1, 0.15) is 0 Å². The number of halogens is 1. The molecule has 1 saturated heterocycles. The largest absolute Gasteiger partial charge is 0.454 e. The Balaban J connectivity index is 0.00000225. The van der Waals surface area contributed by atoms with Crippen LogP contribution in [0.15, 0.2) is 23.2 Å². The van der Waals surface area contributed by atoms with Crippen LogP contribution in [0.5, 0.6) is 11.5 Å². The molecule has 2 heterocycles. The number of hydrogen-bond donors (Lipinski definition) is 1. The number of rotatable bonds is 3. The molecule has 25 heavy (non-hydrogen) atoms. The molecule has 2 aliphatic heterocycles. The number of benzene rings is 1. The van der Waals surface area contributed by atoms with Gasteiger partial charge in [0.15, 0.2) is 17.5 Å². The van der Waals surface area contributed by atoms with Crippen molar-refractivity contribution in [2.45, 2.75) is 39.5 Å². The lowest BCUT2D eigenvalue weighted by molar-refractivity contribution is 0.174. The highest BCUT2D eigenvalue weighted by atomic mass is 127. The highest BCUT2D eigenvalue weighted by molar-refractivity contribution is 14.0. The Kier molecular flexibility index (Phi) is 6.12. The molecule has 0 spiro atoms. The summed E-state index contributed by atoms with van der Waals surface area (Å²) in [4.78, 5) is 6.83. The summed E-state index contributed by atoms with van der Waals surface area (Å²) in [6.07, 6.45) is 1.21. The fraction of sp³-hybridized carbons (Fsp3) is 0.632. The summed E-state index contributed by atoms with van der Waals surface area (Å²) in [5, 5.41) is 3.56. The molecule has 0 aliphatic carbocycles. The lowest BCUT2D eigenvalue weighted by Gasteiger charge is -2.30. The fourth-order valence-corrected chi connectivity index (χ4v) is 3.35. The predicted molar refractivity (Wildman–Crippen MR) is 112 cm³/mol. The van der Waals surface area contributed by atoms with Gasteiger partial charge in [0.2, 0.25) is 6.79 Å². The lowest BCUT2D eigenvalue weighted by atomic mass is 9.84.